The zero-order valence-electron chi connectivity index (χ0n) is 6.60. The van der Waals surface area contributed by atoms with E-state index in [9.17, 15) is 4.79 Å². The molecule has 3 heteroatoms. The van der Waals surface area contributed by atoms with E-state index < -0.39 is 0 Å². The molecule has 0 aromatic carbocycles. The van der Waals surface area contributed by atoms with E-state index in [1.54, 1.807) is 12.4 Å². The van der Waals surface area contributed by atoms with Crippen molar-refractivity contribution in [3.05, 3.63) is 30.1 Å². The van der Waals surface area contributed by atoms with Crippen LogP contribution in [0.3, 0.4) is 0 Å². The predicted octanol–water partition coefficient (Wildman–Crippen LogP) is 0.670. The molecule has 1 aromatic heterocycles. The zero-order valence-corrected chi connectivity index (χ0v) is 6.60. The summed E-state index contributed by atoms with van der Waals surface area (Å²) in [6, 6.07) is 3.87. The molecule has 1 aromatic rings. The number of carbonyl (C=O) groups excluding carboxylic acids is 1. The third-order valence-electron chi connectivity index (χ3n) is 2.27. The van der Waals surface area contributed by atoms with Gasteiger partial charge in [-0.15, -0.1) is 0 Å². The quantitative estimate of drug-likeness (QED) is 0.694. The van der Waals surface area contributed by atoms with Gasteiger partial charge >= 0.3 is 0 Å². The molecule has 1 amide bonds. The van der Waals surface area contributed by atoms with Crippen LogP contribution in [0.2, 0.25) is 0 Å². The van der Waals surface area contributed by atoms with Crippen molar-refractivity contribution in [1.29, 1.82) is 0 Å². The molecule has 1 saturated carbocycles. The molecule has 2 atom stereocenters. The number of carbonyl (C=O) groups is 1. The van der Waals surface area contributed by atoms with Gasteiger partial charge in [0.25, 0.3) is 0 Å². The molecule has 1 aliphatic carbocycles. The van der Waals surface area contributed by atoms with Gasteiger partial charge in [0.1, 0.15) is 0 Å². The molecule has 3 nitrogen and oxygen atoms in total. The Hall–Kier alpha value is -1.38. The highest BCUT2D eigenvalue weighted by Gasteiger charge is 2.42. The highest BCUT2D eigenvalue weighted by atomic mass is 16.1. The summed E-state index contributed by atoms with van der Waals surface area (Å²) in [5, 5.41) is 0. The molecule has 0 saturated heterocycles. The van der Waals surface area contributed by atoms with Gasteiger partial charge < -0.3 is 5.73 Å². The number of nitrogens with zero attached hydrogens (tertiary/aromatic N) is 1. The van der Waals surface area contributed by atoms with Gasteiger partial charge in [-0.05, 0) is 24.0 Å². The summed E-state index contributed by atoms with van der Waals surface area (Å²) in [5.41, 5.74) is 6.29. The lowest BCUT2D eigenvalue weighted by Gasteiger charge is -1.95. The Morgan fingerprint density at radius 2 is 2.50 bits per heavy atom. The highest BCUT2D eigenvalue weighted by molar-refractivity contribution is 5.81. The van der Waals surface area contributed by atoms with Gasteiger partial charge in [-0.3, -0.25) is 9.78 Å². The average Bonchev–Trinajstić information content (AvgIpc) is 2.84. The minimum absolute atomic E-state index is 0.0502. The molecular weight excluding hydrogens is 152 g/mol. The number of nitrogens with two attached hydrogens (primary N) is 1. The van der Waals surface area contributed by atoms with E-state index in [1.807, 2.05) is 12.1 Å². The molecule has 2 rings (SSSR count). The topological polar surface area (TPSA) is 56.0 Å². The van der Waals surface area contributed by atoms with Gasteiger partial charge in [0.15, 0.2) is 0 Å². The fourth-order valence-electron chi connectivity index (χ4n) is 1.47. The molecule has 0 unspecified atom stereocenters. The third-order valence-corrected chi connectivity index (χ3v) is 2.27. The molecule has 0 aliphatic heterocycles. The summed E-state index contributed by atoms with van der Waals surface area (Å²) in [6.45, 7) is 0. The first-order valence-electron chi connectivity index (χ1n) is 3.98. The van der Waals surface area contributed by atoms with Gasteiger partial charge in [0.05, 0.1) is 0 Å². The largest absolute Gasteiger partial charge is 0.369 e. The monoisotopic (exact) mass is 162 g/mol. The molecule has 1 aliphatic rings. The molecule has 1 fully saturated rings. The smallest absolute Gasteiger partial charge is 0.221 e. The van der Waals surface area contributed by atoms with Crippen LogP contribution in [0.15, 0.2) is 24.5 Å². The van der Waals surface area contributed by atoms with Crippen LogP contribution in [0.25, 0.3) is 0 Å². The van der Waals surface area contributed by atoms with E-state index in [-0.39, 0.29) is 11.8 Å². The van der Waals surface area contributed by atoms with Crippen molar-refractivity contribution >= 4 is 5.91 Å². The van der Waals surface area contributed by atoms with Crippen LogP contribution in [0.4, 0.5) is 0 Å². The van der Waals surface area contributed by atoms with Crippen molar-refractivity contribution in [3.8, 4) is 0 Å². The molecule has 1 heterocycles. The van der Waals surface area contributed by atoms with Crippen molar-refractivity contribution in [2.75, 3.05) is 0 Å². The summed E-state index contributed by atoms with van der Waals surface area (Å²) >= 11 is 0. The molecule has 62 valence electrons. The van der Waals surface area contributed by atoms with Crippen LogP contribution in [-0.2, 0) is 4.79 Å². The van der Waals surface area contributed by atoms with E-state index in [0.717, 1.165) is 12.0 Å². The van der Waals surface area contributed by atoms with E-state index >= 15 is 0 Å². The van der Waals surface area contributed by atoms with Gasteiger partial charge in [0, 0.05) is 18.3 Å². The Labute approximate surface area is 70.6 Å². The number of rotatable bonds is 2. The van der Waals surface area contributed by atoms with Crippen LogP contribution < -0.4 is 5.73 Å². The Morgan fingerprint density at radius 1 is 1.67 bits per heavy atom. The Bertz CT molecular complexity index is 297. The van der Waals surface area contributed by atoms with Gasteiger partial charge in [-0.25, -0.2) is 0 Å². The predicted molar refractivity (Wildman–Crippen MR) is 44.3 cm³/mol. The highest BCUT2D eigenvalue weighted by Crippen LogP contribution is 2.46. The number of pyridine rings is 1. The first-order chi connectivity index (χ1) is 5.79. The molecule has 0 spiro atoms. The fourth-order valence-corrected chi connectivity index (χ4v) is 1.47. The second kappa shape index (κ2) is 2.59. The summed E-state index contributed by atoms with van der Waals surface area (Å²) in [6.07, 6.45) is 4.42. The maximum absolute atomic E-state index is 10.7. The Balaban J connectivity index is 2.11. The molecule has 2 N–H and O–H groups in total. The van der Waals surface area contributed by atoms with Crippen LogP contribution >= 0.6 is 0 Å². The molecule has 12 heavy (non-hydrogen) atoms. The lowest BCUT2D eigenvalue weighted by atomic mass is 10.1. The first-order valence-corrected chi connectivity index (χ1v) is 3.98. The minimum Gasteiger partial charge on any atom is -0.369 e. The van der Waals surface area contributed by atoms with Crippen LogP contribution in [0, 0.1) is 5.92 Å². The van der Waals surface area contributed by atoms with Crippen LogP contribution in [-0.4, -0.2) is 10.9 Å². The number of hydrogen-bond donors (Lipinski definition) is 1. The van der Waals surface area contributed by atoms with Crippen molar-refractivity contribution in [1.82, 2.24) is 4.98 Å². The van der Waals surface area contributed by atoms with E-state index in [2.05, 4.69) is 4.98 Å². The van der Waals surface area contributed by atoms with Gasteiger partial charge in [-0.2, -0.15) is 0 Å². The van der Waals surface area contributed by atoms with Crippen LogP contribution in [0.5, 0.6) is 0 Å². The molecular formula is C9H10N2O. The van der Waals surface area contributed by atoms with Crippen molar-refractivity contribution in [2.24, 2.45) is 11.7 Å². The fraction of sp³-hybridized carbons (Fsp3) is 0.333. The lowest BCUT2D eigenvalue weighted by Crippen LogP contribution is -2.13. The summed E-state index contributed by atoms with van der Waals surface area (Å²) in [7, 11) is 0. The molecule has 0 bridgehead atoms. The Morgan fingerprint density at radius 3 is 3.00 bits per heavy atom. The van der Waals surface area contributed by atoms with E-state index in [4.69, 9.17) is 5.73 Å². The van der Waals surface area contributed by atoms with E-state index in [1.165, 1.54) is 0 Å². The Kier molecular flexibility index (Phi) is 1.57. The number of primary amides is 1. The van der Waals surface area contributed by atoms with Gasteiger partial charge in [0.2, 0.25) is 5.91 Å². The second-order valence-electron chi connectivity index (χ2n) is 3.14. The van der Waals surface area contributed by atoms with Crippen LogP contribution in [0.1, 0.15) is 17.9 Å². The van der Waals surface area contributed by atoms with E-state index in [0.29, 0.717) is 5.92 Å². The van der Waals surface area contributed by atoms with Crippen molar-refractivity contribution in [3.63, 3.8) is 0 Å². The summed E-state index contributed by atoms with van der Waals surface area (Å²) in [5.74, 6) is 0.189. The number of aromatic nitrogens is 1. The third kappa shape index (κ3) is 1.18. The first kappa shape index (κ1) is 7.28. The lowest BCUT2D eigenvalue weighted by molar-refractivity contribution is -0.119. The standard InChI is InChI=1S/C9H10N2O/c10-9(12)8-4-7(8)6-2-1-3-11-5-6/h1-3,5,7-8H,4H2,(H2,10,12)/t7-,8-/m0/s1. The van der Waals surface area contributed by atoms with Gasteiger partial charge in [-0.1, -0.05) is 6.07 Å². The summed E-state index contributed by atoms with van der Waals surface area (Å²) < 4.78 is 0. The molecule has 0 radical (unpaired) electrons. The maximum atomic E-state index is 10.7. The summed E-state index contributed by atoms with van der Waals surface area (Å²) in [4.78, 5) is 14.7. The number of hydrogen-bond acceptors (Lipinski definition) is 2. The number of amides is 1. The average molecular weight is 162 g/mol. The van der Waals surface area contributed by atoms with Crippen molar-refractivity contribution in [2.45, 2.75) is 12.3 Å². The maximum Gasteiger partial charge on any atom is 0.221 e. The SMILES string of the molecule is NC(=O)[C@H]1C[C@H]1c1cccnc1. The van der Waals surface area contributed by atoms with Crippen molar-refractivity contribution < 1.29 is 4.79 Å². The minimum atomic E-state index is -0.191. The zero-order chi connectivity index (χ0) is 8.55. The normalized spacial score (nSPS) is 26.7. The second-order valence-corrected chi connectivity index (χ2v) is 3.14.